The topological polar surface area (TPSA) is 60.0 Å². The second kappa shape index (κ2) is 8.51. The van der Waals surface area contributed by atoms with Gasteiger partial charge in [-0.1, -0.05) is 18.2 Å². The number of ether oxygens (including phenoxy) is 2. The largest absolute Gasteiger partial charge is 0.496 e. The van der Waals surface area contributed by atoms with Crippen molar-refractivity contribution in [1.29, 1.82) is 0 Å². The van der Waals surface area contributed by atoms with Gasteiger partial charge in [0.15, 0.2) is 0 Å². The highest BCUT2D eigenvalue weighted by Gasteiger charge is 2.30. The molecule has 158 valence electrons. The lowest BCUT2D eigenvalue weighted by atomic mass is 10.1. The molecule has 0 aliphatic carbocycles. The van der Waals surface area contributed by atoms with Gasteiger partial charge in [-0.2, -0.15) is 13.2 Å². The maximum Gasteiger partial charge on any atom is 0.416 e. The number of halogens is 3. The zero-order chi connectivity index (χ0) is 21.8. The van der Waals surface area contributed by atoms with Crippen LogP contribution in [-0.4, -0.2) is 22.1 Å². The summed E-state index contributed by atoms with van der Waals surface area (Å²) in [5, 5.41) is 0. The summed E-state index contributed by atoms with van der Waals surface area (Å²) in [6.07, 6.45) is -0.992. The molecule has 2 aromatic carbocycles. The van der Waals surface area contributed by atoms with Gasteiger partial charge < -0.3 is 14.5 Å². The van der Waals surface area contributed by atoms with Crippen LogP contribution in [0.2, 0.25) is 0 Å². The molecule has 0 aliphatic rings. The SMILES string of the molecule is COc1cc(OCc2ccccn2)ccc1-c1c[nH]c(-c2ccc(C(F)(F)F)cc2)n1. The van der Waals surface area contributed by atoms with Crippen molar-refractivity contribution in [2.24, 2.45) is 0 Å². The number of hydrogen-bond acceptors (Lipinski definition) is 4. The van der Waals surface area contributed by atoms with Crippen LogP contribution in [0.4, 0.5) is 13.2 Å². The molecule has 0 saturated carbocycles. The summed E-state index contributed by atoms with van der Waals surface area (Å²) in [4.78, 5) is 11.7. The summed E-state index contributed by atoms with van der Waals surface area (Å²) in [6.45, 7) is 0.323. The van der Waals surface area contributed by atoms with Crippen LogP contribution in [0.1, 0.15) is 11.3 Å². The monoisotopic (exact) mass is 425 g/mol. The summed E-state index contributed by atoms with van der Waals surface area (Å²) < 4.78 is 49.6. The van der Waals surface area contributed by atoms with E-state index in [2.05, 4.69) is 15.0 Å². The zero-order valence-electron chi connectivity index (χ0n) is 16.5. The van der Waals surface area contributed by atoms with Crippen LogP contribution >= 0.6 is 0 Å². The Morgan fingerprint density at radius 2 is 1.81 bits per heavy atom. The lowest BCUT2D eigenvalue weighted by Gasteiger charge is -2.10. The molecule has 31 heavy (non-hydrogen) atoms. The zero-order valence-corrected chi connectivity index (χ0v) is 16.5. The van der Waals surface area contributed by atoms with E-state index in [0.29, 0.717) is 35.2 Å². The average Bonchev–Trinajstić information content (AvgIpc) is 3.28. The highest BCUT2D eigenvalue weighted by Crippen LogP contribution is 2.34. The number of rotatable bonds is 6. The van der Waals surface area contributed by atoms with E-state index in [9.17, 15) is 13.2 Å². The minimum absolute atomic E-state index is 0.323. The van der Waals surface area contributed by atoms with Gasteiger partial charge in [0.25, 0.3) is 0 Å². The Kier molecular flexibility index (Phi) is 5.62. The molecule has 0 aliphatic heterocycles. The number of aromatic nitrogens is 3. The Bertz CT molecular complexity index is 1160. The van der Waals surface area contributed by atoms with Crippen molar-refractivity contribution in [2.45, 2.75) is 12.8 Å². The molecule has 0 spiro atoms. The van der Waals surface area contributed by atoms with Crippen molar-refractivity contribution in [3.05, 3.63) is 84.3 Å². The third-order valence-electron chi connectivity index (χ3n) is 4.63. The van der Waals surface area contributed by atoms with Gasteiger partial charge in [0.05, 0.1) is 24.1 Å². The Labute approximate surface area is 176 Å². The third kappa shape index (κ3) is 4.69. The molecule has 0 radical (unpaired) electrons. The molecular formula is C23H18F3N3O2. The molecule has 4 rings (SSSR count). The number of benzene rings is 2. The number of aromatic amines is 1. The van der Waals surface area contributed by atoms with E-state index in [1.807, 2.05) is 24.3 Å². The van der Waals surface area contributed by atoms with Crippen molar-refractivity contribution in [2.75, 3.05) is 7.11 Å². The molecule has 0 saturated heterocycles. The van der Waals surface area contributed by atoms with Crippen LogP contribution in [0.15, 0.2) is 73.1 Å². The number of methoxy groups -OCH3 is 1. The van der Waals surface area contributed by atoms with E-state index >= 15 is 0 Å². The van der Waals surface area contributed by atoms with Crippen LogP contribution in [0, 0.1) is 0 Å². The molecule has 8 heteroatoms. The molecule has 1 N–H and O–H groups in total. The lowest BCUT2D eigenvalue weighted by Crippen LogP contribution is -2.04. The van der Waals surface area contributed by atoms with Crippen molar-refractivity contribution in [3.63, 3.8) is 0 Å². The standard InChI is InChI=1S/C23H18F3N3O2/c1-30-21-12-18(31-14-17-4-2-3-11-27-17)9-10-19(21)20-13-28-22(29-20)15-5-7-16(8-6-15)23(24,25)26/h2-13H,14H2,1H3,(H,28,29). The van der Waals surface area contributed by atoms with Crippen molar-refractivity contribution >= 4 is 0 Å². The normalized spacial score (nSPS) is 11.4. The van der Waals surface area contributed by atoms with E-state index < -0.39 is 11.7 Å². The van der Waals surface area contributed by atoms with E-state index in [1.165, 1.54) is 12.1 Å². The van der Waals surface area contributed by atoms with Crippen molar-refractivity contribution < 1.29 is 22.6 Å². The number of H-pyrrole nitrogens is 1. The fourth-order valence-electron chi connectivity index (χ4n) is 3.04. The average molecular weight is 425 g/mol. The summed E-state index contributed by atoms with van der Waals surface area (Å²) in [5.74, 6) is 1.63. The van der Waals surface area contributed by atoms with Crippen LogP contribution in [0.5, 0.6) is 11.5 Å². The van der Waals surface area contributed by atoms with Crippen molar-refractivity contribution in [1.82, 2.24) is 15.0 Å². The summed E-state index contributed by atoms with van der Waals surface area (Å²) in [6, 6.07) is 15.8. The highest BCUT2D eigenvalue weighted by molar-refractivity contribution is 5.70. The number of pyridine rings is 1. The first kappa shape index (κ1) is 20.5. The minimum Gasteiger partial charge on any atom is -0.496 e. The molecule has 0 fully saturated rings. The number of nitrogens with one attached hydrogen (secondary N) is 1. The van der Waals surface area contributed by atoms with E-state index in [4.69, 9.17) is 9.47 Å². The first-order chi connectivity index (χ1) is 14.9. The number of imidazole rings is 1. The second-order valence-electron chi connectivity index (χ2n) is 6.68. The molecule has 2 aromatic heterocycles. The molecule has 0 bridgehead atoms. The van der Waals surface area contributed by atoms with Gasteiger partial charge in [0.1, 0.15) is 23.9 Å². The molecular weight excluding hydrogens is 407 g/mol. The van der Waals surface area contributed by atoms with Gasteiger partial charge in [-0.25, -0.2) is 4.98 Å². The third-order valence-corrected chi connectivity index (χ3v) is 4.63. The number of hydrogen-bond donors (Lipinski definition) is 1. The lowest BCUT2D eigenvalue weighted by molar-refractivity contribution is -0.137. The second-order valence-corrected chi connectivity index (χ2v) is 6.68. The smallest absolute Gasteiger partial charge is 0.416 e. The van der Waals surface area contributed by atoms with Gasteiger partial charge in [0.2, 0.25) is 0 Å². The van der Waals surface area contributed by atoms with Gasteiger partial charge in [0, 0.05) is 29.6 Å². The van der Waals surface area contributed by atoms with Crippen LogP contribution in [-0.2, 0) is 12.8 Å². The maximum absolute atomic E-state index is 12.8. The first-order valence-corrected chi connectivity index (χ1v) is 9.38. The quantitative estimate of drug-likeness (QED) is 0.428. The highest BCUT2D eigenvalue weighted by atomic mass is 19.4. The fourth-order valence-corrected chi connectivity index (χ4v) is 3.04. The van der Waals surface area contributed by atoms with Crippen LogP contribution in [0.3, 0.4) is 0 Å². The molecule has 0 amide bonds. The summed E-state index contributed by atoms with van der Waals surface area (Å²) in [5.41, 5.74) is 1.98. The maximum atomic E-state index is 12.8. The number of alkyl halides is 3. The van der Waals surface area contributed by atoms with Gasteiger partial charge >= 0.3 is 6.18 Å². The van der Waals surface area contributed by atoms with Crippen LogP contribution < -0.4 is 9.47 Å². The fraction of sp³-hybridized carbons (Fsp3) is 0.130. The molecule has 5 nitrogen and oxygen atoms in total. The predicted molar refractivity (Wildman–Crippen MR) is 110 cm³/mol. The number of nitrogens with zero attached hydrogens (tertiary/aromatic N) is 2. The van der Waals surface area contributed by atoms with Crippen LogP contribution in [0.25, 0.3) is 22.6 Å². The van der Waals surface area contributed by atoms with Gasteiger partial charge in [-0.05, 0) is 36.4 Å². The Hall–Kier alpha value is -3.81. The summed E-state index contributed by atoms with van der Waals surface area (Å²) in [7, 11) is 1.55. The molecule has 0 unspecified atom stereocenters. The Morgan fingerprint density at radius 1 is 1.00 bits per heavy atom. The molecule has 2 heterocycles. The predicted octanol–water partition coefficient (Wildman–Crippen LogP) is 5.75. The Morgan fingerprint density at radius 3 is 2.48 bits per heavy atom. The van der Waals surface area contributed by atoms with E-state index in [0.717, 1.165) is 23.4 Å². The van der Waals surface area contributed by atoms with Gasteiger partial charge in [-0.15, -0.1) is 0 Å². The van der Waals surface area contributed by atoms with E-state index in [-0.39, 0.29) is 0 Å². The molecule has 4 aromatic rings. The molecule has 0 atom stereocenters. The first-order valence-electron chi connectivity index (χ1n) is 9.38. The minimum atomic E-state index is -4.37. The Balaban J connectivity index is 1.54. The summed E-state index contributed by atoms with van der Waals surface area (Å²) >= 11 is 0. The van der Waals surface area contributed by atoms with Crippen molar-refractivity contribution in [3.8, 4) is 34.1 Å². The van der Waals surface area contributed by atoms with E-state index in [1.54, 1.807) is 31.6 Å². The van der Waals surface area contributed by atoms with Gasteiger partial charge in [-0.3, -0.25) is 4.98 Å².